The number of hydrogen-bond donors (Lipinski definition) is 0. The molecule has 1 unspecified atom stereocenters. The van der Waals surface area contributed by atoms with E-state index < -0.39 is 0 Å². The minimum Gasteiger partial charge on any atom is -0.299 e. The molecule has 116 valence electrons. The Balaban J connectivity index is 1.52. The molecule has 2 nitrogen and oxygen atoms in total. The number of thiophene rings is 1. The molecule has 2 aliphatic rings. The van der Waals surface area contributed by atoms with Gasteiger partial charge in [0.05, 0.1) is 0 Å². The fourth-order valence-corrected chi connectivity index (χ4v) is 4.44. The summed E-state index contributed by atoms with van der Waals surface area (Å²) >= 11 is 1.95. The number of rotatable bonds is 6. The zero-order chi connectivity index (χ0) is 14.5. The van der Waals surface area contributed by atoms with Crippen molar-refractivity contribution in [2.45, 2.75) is 58.2 Å². The van der Waals surface area contributed by atoms with Gasteiger partial charge < -0.3 is 0 Å². The number of piperidine rings is 1. The van der Waals surface area contributed by atoms with Crippen LogP contribution in [-0.4, -0.2) is 35.5 Å². The van der Waals surface area contributed by atoms with Crippen molar-refractivity contribution in [3.05, 3.63) is 34.0 Å². The Kier molecular flexibility index (Phi) is 5.50. The molecule has 0 bridgehead atoms. The van der Waals surface area contributed by atoms with E-state index in [9.17, 15) is 0 Å². The van der Waals surface area contributed by atoms with Crippen LogP contribution in [0.25, 0.3) is 0 Å². The molecule has 1 saturated heterocycles. The summed E-state index contributed by atoms with van der Waals surface area (Å²) < 4.78 is 0. The van der Waals surface area contributed by atoms with E-state index in [1.54, 1.807) is 0 Å². The maximum absolute atomic E-state index is 2.62. The summed E-state index contributed by atoms with van der Waals surface area (Å²) in [6.45, 7) is 8.28. The van der Waals surface area contributed by atoms with E-state index in [2.05, 4.69) is 40.3 Å². The lowest BCUT2D eigenvalue weighted by Crippen LogP contribution is -2.29. The highest BCUT2D eigenvalue weighted by Crippen LogP contribution is 2.23. The predicted molar refractivity (Wildman–Crippen MR) is 91.7 cm³/mol. The molecule has 2 aliphatic heterocycles. The van der Waals surface area contributed by atoms with Gasteiger partial charge in [0.1, 0.15) is 0 Å². The molecular formula is C18H28N2S. The molecule has 1 aromatic rings. The summed E-state index contributed by atoms with van der Waals surface area (Å²) in [6, 6.07) is 3.11. The molecule has 0 spiro atoms. The minimum absolute atomic E-state index is 0.669. The van der Waals surface area contributed by atoms with Gasteiger partial charge in [-0.2, -0.15) is 0 Å². The molecule has 0 N–H and O–H groups in total. The Morgan fingerprint density at radius 1 is 1.19 bits per heavy atom. The van der Waals surface area contributed by atoms with E-state index in [0.717, 1.165) is 19.6 Å². The average Bonchev–Trinajstić information content (AvgIpc) is 3.11. The lowest BCUT2D eigenvalue weighted by molar-refractivity contribution is 0.221. The predicted octanol–water partition coefficient (Wildman–Crippen LogP) is 4.27. The number of hydrogen-bond acceptors (Lipinski definition) is 3. The first-order valence-electron chi connectivity index (χ1n) is 8.54. The van der Waals surface area contributed by atoms with E-state index >= 15 is 0 Å². The molecule has 0 saturated carbocycles. The van der Waals surface area contributed by atoms with Gasteiger partial charge in [-0.25, -0.2) is 0 Å². The molecular weight excluding hydrogens is 276 g/mol. The first-order valence-corrected chi connectivity index (χ1v) is 9.42. The third kappa shape index (κ3) is 4.18. The first kappa shape index (κ1) is 15.3. The van der Waals surface area contributed by atoms with E-state index in [4.69, 9.17) is 0 Å². The molecule has 0 aliphatic carbocycles. The highest BCUT2D eigenvalue weighted by atomic mass is 32.1. The van der Waals surface area contributed by atoms with Crippen LogP contribution in [-0.2, 0) is 13.1 Å². The molecule has 0 radical (unpaired) electrons. The zero-order valence-electron chi connectivity index (χ0n) is 13.3. The van der Waals surface area contributed by atoms with Crippen LogP contribution in [0.15, 0.2) is 23.6 Å². The van der Waals surface area contributed by atoms with E-state index in [0.29, 0.717) is 6.04 Å². The minimum atomic E-state index is 0.669. The monoisotopic (exact) mass is 304 g/mol. The van der Waals surface area contributed by atoms with Gasteiger partial charge in [0.25, 0.3) is 0 Å². The third-order valence-corrected chi connectivity index (χ3v) is 5.64. The number of nitrogens with zero attached hydrogens (tertiary/aromatic N) is 2. The molecule has 3 heterocycles. The second-order valence-electron chi connectivity index (χ2n) is 6.47. The number of likely N-dealkylation sites (tertiary alicyclic amines) is 1. The smallest absolute Gasteiger partial charge is 0.0337 e. The average molecular weight is 305 g/mol. The van der Waals surface area contributed by atoms with Gasteiger partial charge in [0.2, 0.25) is 0 Å². The summed E-state index contributed by atoms with van der Waals surface area (Å²) in [4.78, 5) is 6.76. The van der Waals surface area contributed by atoms with Crippen molar-refractivity contribution in [1.29, 1.82) is 0 Å². The van der Waals surface area contributed by atoms with Crippen LogP contribution in [0.3, 0.4) is 0 Å². The molecule has 1 fully saturated rings. The second kappa shape index (κ2) is 7.57. The van der Waals surface area contributed by atoms with Crippen LogP contribution in [0.5, 0.6) is 0 Å². The fraction of sp³-hybridized carbons (Fsp3) is 0.667. The van der Waals surface area contributed by atoms with Crippen molar-refractivity contribution in [3.8, 4) is 0 Å². The molecule has 0 amide bonds. The summed E-state index contributed by atoms with van der Waals surface area (Å²) in [5, 5.41) is 2.38. The first-order chi connectivity index (χ1) is 10.3. The van der Waals surface area contributed by atoms with Crippen LogP contribution in [0.1, 0.15) is 49.5 Å². The van der Waals surface area contributed by atoms with Crippen LogP contribution in [0, 0.1) is 0 Å². The highest BCUT2D eigenvalue weighted by Gasteiger charge is 2.19. The van der Waals surface area contributed by atoms with Gasteiger partial charge in [-0.3, -0.25) is 9.80 Å². The van der Waals surface area contributed by atoms with E-state index in [1.807, 2.05) is 11.3 Å². The van der Waals surface area contributed by atoms with Gasteiger partial charge >= 0.3 is 0 Å². The van der Waals surface area contributed by atoms with Gasteiger partial charge in [0.15, 0.2) is 0 Å². The molecule has 3 rings (SSSR count). The van der Waals surface area contributed by atoms with Crippen molar-refractivity contribution in [2.24, 2.45) is 0 Å². The zero-order valence-corrected chi connectivity index (χ0v) is 14.1. The van der Waals surface area contributed by atoms with Crippen molar-refractivity contribution in [1.82, 2.24) is 9.80 Å². The fourth-order valence-electron chi connectivity index (χ4n) is 3.53. The molecule has 21 heavy (non-hydrogen) atoms. The topological polar surface area (TPSA) is 6.48 Å². The SMILES string of the molecule is CCCC1C=CCN1Cc1cc(CN2CCCCC2)cs1. The largest absolute Gasteiger partial charge is 0.299 e. The summed E-state index contributed by atoms with van der Waals surface area (Å²) in [5.74, 6) is 0. The third-order valence-electron chi connectivity index (χ3n) is 4.67. The van der Waals surface area contributed by atoms with Crippen LogP contribution < -0.4 is 0 Å². The van der Waals surface area contributed by atoms with Crippen molar-refractivity contribution < 1.29 is 0 Å². The van der Waals surface area contributed by atoms with E-state index in [1.165, 1.54) is 55.6 Å². The van der Waals surface area contributed by atoms with E-state index in [-0.39, 0.29) is 0 Å². The Labute approximate surface area is 133 Å². The van der Waals surface area contributed by atoms with Crippen molar-refractivity contribution in [2.75, 3.05) is 19.6 Å². The van der Waals surface area contributed by atoms with Gasteiger partial charge in [-0.1, -0.05) is 31.9 Å². The quantitative estimate of drug-likeness (QED) is 0.724. The van der Waals surface area contributed by atoms with Crippen LogP contribution in [0.4, 0.5) is 0 Å². The normalized spacial score (nSPS) is 24.0. The maximum Gasteiger partial charge on any atom is 0.0337 e. The van der Waals surface area contributed by atoms with Crippen molar-refractivity contribution >= 4 is 11.3 Å². The van der Waals surface area contributed by atoms with Gasteiger partial charge in [-0.05, 0) is 49.4 Å². The summed E-state index contributed by atoms with van der Waals surface area (Å²) in [5.41, 5.74) is 1.52. The lowest BCUT2D eigenvalue weighted by atomic mass is 10.1. The molecule has 1 aromatic heterocycles. The summed E-state index contributed by atoms with van der Waals surface area (Å²) in [6.07, 6.45) is 11.5. The van der Waals surface area contributed by atoms with Gasteiger partial charge in [0, 0.05) is 30.6 Å². The molecule has 3 heteroatoms. The summed E-state index contributed by atoms with van der Waals surface area (Å²) in [7, 11) is 0. The maximum atomic E-state index is 2.62. The molecule has 1 atom stereocenters. The van der Waals surface area contributed by atoms with Crippen molar-refractivity contribution in [3.63, 3.8) is 0 Å². The van der Waals surface area contributed by atoms with Gasteiger partial charge in [-0.15, -0.1) is 11.3 Å². The standard InChI is InChI=1S/C18H28N2S/c1-2-7-17-8-6-11-20(17)14-18-12-16(15-21-18)13-19-9-4-3-5-10-19/h6,8,12,15,17H,2-5,7,9-11,13-14H2,1H3. The Bertz CT molecular complexity index is 460. The Morgan fingerprint density at radius 2 is 2.05 bits per heavy atom. The lowest BCUT2D eigenvalue weighted by Gasteiger charge is -2.26. The Hall–Kier alpha value is -0.640. The van der Waals surface area contributed by atoms with Crippen LogP contribution >= 0.6 is 11.3 Å². The Morgan fingerprint density at radius 3 is 2.86 bits per heavy atom. The molecule has 0 aromatic carbocycles. The highest BCUT2D eigenvalue weighted by molar-refractivity contribution is 7.10. The van der Waals surface area contributed by atoms with Crippen LogP contribution in [0.2, 0.25) is 0 Å². The second-order valence-corrected chi connectivity index (χ2v) is 7.47.